The molecule has 0 radical (unpaired) electrons. The molecule has 1 saturated carbocycles. The van der Waals surface area contributed by atoms with Crippen molar-refractivity contribution in [2.45, 2.75) is 37.6 Å². The normalized spacial score (nSPS) is 29.3. The van der Waals surface area contributed by atoms with Crippen LogP contribution in [0.25, 0.3) is 0 Å². The number of aromatic nitrogens is 2. The lowest BCUT2D eigenvalue weighted by molar-refractivity contribution is 0.0950. The average Bonchev–Trinajstić information content (AvgIpc) is 2.87. The van der Waals surface area contributed by atoms with Gasteiger partial charge >= 0.3 is 0 Å². The molecule has 2 atom stereocenters. The van der Waals surface area contributed by atoms with Gasteiger partial charge in [-0.15, -0.1) is 0 Å². The van der Waals surface area contributed by atoms with Crippen LogP contribution in [-0.4, -0.2) is 29.1 Å². The van der Waals surface area contributed by atoms with Crippen LogP contribution in [0.4, 0.5) is 0 Å². The van der Waals surface area contributed by atoms with E-state index in [1.165, 1.54) is 7.05 Å². The molecule has 1 aromatic heterocycles. The van der Waals surface area contributed by atoms with E-state index in [9.17, 15) is 4.79 Å². The highest BCUT2D eigenvalue weighted by Gasteiger charge is 2.43. The molecule has 1 heterocycles. The van der Waals surface area contributed by atoms with Gasteiger partial charge in [0.25, 0.3) is 11.7 Å². The van der Waals surface area contributed by atoms with Crippen molar-refractivity contribution in [3.05, 3.63) is 11.7 Å². The van der Waals surface area contributed by atoms with Gasteiger partial charge in [-0.2, -0.15) is 4.98 Å². The number of hydrogen-bond donors (Lipinski definition) is 2. The van der Waals surface area contributed by atoms with Gasteiger partial charge in [-0.25, -0.2) is 0 Å². The van der Waals surface area contributed by atoms with E-state index in [1.807, 2.05) is 6.92 Å². The first kappa shape index (κ1) is 11.1. The molecular formula is C10H16N4O2. The third-order valence-electron chi connectivity index (χ3n) is 3.37. The third kappa shape index (κ3) is 1.59. The maximum atomic E-state index is 11.3. The summed E-state index contributed by atoms with van der Waals surface area (Å²) in [6.07, 6.45) is 2.92. The first-order valence-corrected chi connectivity index (χ1v) is 5.40. The van der Waals surface area contributed by atoms with E-state index in [1.54, 1.807) is 0 Å². The van der Waals surface area contributed by atoms with Crippen molar-refractivity contribution in [2.24, 2.45) is 5.73 Å². The third-order valence-corrected chi connectivity index (χ3v) is 3.37. The lowest BCUT2D eigenvalue weighted by atomic mass is 9.85. The molecule has 16 heavy (non-hydrogen) atoms. The second-order valence-electron chi connectivity index (χ2n) is 4.42. The lowest BCUT2D eigenvalue weighted by Crippen LogP contribution is -2.38. The van der Waals surface area contributed by atoms with Crippen LogP contribution < -0.4 is 11.1 Å². The fourth-order valence-electron chi connectivity index (χ4n) is 2.12. The summed E-state index contributed by atoms with van der Waals surface area (Å²) in [7, 11) is 1.53. The molecule has 1 amide bonds. The summed E-state index contributed by atoms with van der Waals surface area (Å²) < 4.78 is 5.14. The lowest BCUT2D eigenvalue weighted by Gasteiger charge is -2.23. The Labute approximate surface area is 93.6 Å². The first-order valence-electron chi connectivity index (χ1n) is 5.40. The number of carbonyl (C=O) groups excluding carboxylic acids is 1. The smallest absolute Gasteiger partial charge is 0.292 e. The summed E-state index contributed by atoms with van der Waals surface area (Å²) in [5.74, 6) is 0.194. The molecule has 6 nitrogen and oxygen atoms in total. The van der Waals surface area contributed by atoms with Crippen molar-refractivity contribution in [3.8, 4) is 0 Å². The quantitative estimate of drug-likeness (QED) is 0.748. The van der Waals surface area contributed by atoms with E-state index in [0.717, 1.165) is 19.3 Å². The van der Waals surface area contributed by atoms with Crippen molar-refractivity contribution in [1.29, 1.82) is 0 Å². The van der Waals surface area contributed by atoms with Crippen LogP contribution in [0.3, 0.4) is 0 Å². The molecule has 0 saturated heterocycles. The number of hydrogen-bond acceptors (Lipinski definition) is 5. The van der Waals surface area contributed by atoms with Gasteiger partial charge in [0.15, 0.2) is 0 Å². The molecule has 1 aliphatic carbocycles. The average molecular weight is 224 g/mol. The first-order chi connectivity index (χ1) is 7.58. The topological polar surface area (TPSA) is 94.0 Å². The van der Waals surface area contributed by atoms with Crippen molar-refractivity contribution < 1.29 is 9.32 Å². The maximum Gasteiger partial charge on any atom is 0.292 e. The molecule has 0 spiro atoms. The predicted octanol–water partition coefficient (Wildman–Crippen LogP) is 0.198. The molecule has 2 rings (SSSR count). The molecule has 6 heteroatoms. The van der Waals surface area contributed by atoms with E-state index in [4.69, 9.17) is 10.3 Å². The summed E-state index contributed by atoms with van der Waals surface area (Å²) in [6.45, 7) is 2.01. The van der Waals surface area contributed by atoms with E-state index < -0.39 is 0 Å². The Kier molecular flexibility index (Phi) is 2.67. The van der Waals surface area contributed by atoms with Gasteiger partial charge < -0.3 is 15.6 Å². The Morgan fingerprint density at radius 3 is 3.00 bits per heavy atom. The Morgan fingerprint density at radius 1 is 1.69 bits per heavy atom. The molecule has 1 aliphatic rings. The van der Waals surface area contributed by atoms with Gasteiger partial charge in [-0.3, -0.25) is 4.79 Å². The largest absolute Gasteiger partial charge is 0.352 e. The van der Waals surface area contributed by atoms with Crippen LogP contribution in [0, 0.1) is 0 Å². The predicted molar refractivity (Wildman–Crippen MR) is 56.9 cm³/mol. The summed E-state index contributed by atoms with van der Waals surface area (Å²) in [6, 6.07) is 0.0190. The second kappa shape index (κ2) is 3.86. The summed E-state index contributed by atoms with van der Waals surface area (Å²) in [4.78, 5) is 15.4. The van der Waals surface area contributed by atoms with Crippen LogP contribution in [-0.2, 0) is 5.41 Å². The van der Waals surface area contributed by atoms with Crippen molar-refractivity contribution in [1.82, 2.24) is 15.5 Å². The van der Waals surface area contributed by atoms with Crippen LogP contribution in [0.15, 0.2) is 4.52 Å². The number of amides is 1. The van der Waals surface area contributed by atoms with Gasteiger partial charge in [0, 0.05) is 13.1 Å². The molecule has 2 unspecified atom stereocenters. The van der Waals surface area contributed by atoms with E-state index in [0.29, 0.717) is 5.89 Å². The number of nitrogens with two attached hydrogens (primary N) is 1. The van der Waals surface area contributed by atoms with Crippen molar-refractivity contribution in [2.75, 3.05) is 7.05 Å². The fraction of sp³-hybridized carbons (Fsp3) is 0.700. The highest BCUT2D eigenvalue weighted by molar-refractivity contribution is 5.89. The zero-order valence-corrected chi connectivity index (χ0v) is 9.49. The van der Waals surface area contributed by atoms with Gasteiger partial charge in [0.1, 0.15) is 0 Å². The highest BCUT2D eigenvalue weighted by atomic mass is 16.5. The van der Waals surface area contributed by atoms with Crippen molar-refractivity contribution in [3.63, 3.8) is 0 Å². The van der Waals surface area contributed by atoms with Crippen LogP contribution >= 0.6 is 0 Å². The SMILES string of the molecule is CNC(=O)c1noc(C2(C)CCCC2N)n1. The number of rotatable bonds is 2. The Morgan fingerprint density at radius 2 is 2.44 bits per heavy atom. The Balaban J connectivity index is 2.28. The summed E-state index contributed by atoms with van der Waals surface area (Å²) in [5.41, 5.74) is 5.74. The van der Waals surface area contributed by atoms with Gasteiger partial charge in [0.2, 0.25) is 5.89 Å². The number of carbonyl (C=O) groups is 1. The van der Waals surface area contributed by atoms with Crippen LogP contribution in [0.2, 0.25) is 0 Å². The minimum absolute atomic E-state index is 0.0190. The Hall–Kier alpha value is -1.43. The fourth-order valence-corrected chi connectivity index (χ4v) is 2.12. The van der Waals surface area contributed by atoms with Gasteiger partial charge in [-0.1, -0.05) is 11.6 Å². The van der Waals surface area contributed by atoms with Crippen LogP contribution in [0.1, 0.15) is 42.7 Å². The van der Waals surface area contributed by atoms with E-state index in [2.05, 4.69) is 15.5 Å². The number of nitrogens with one attached hydrogen (secondary N) is 1. The zero-order chi connectivity index (χ0) is 11.8. The standard InChI is InChI=1S/C10H16N4O2/c1-10(5-3-4-6(10)11)9-13-7(14-16-9)8(15)12-2/h6H,3-5,11H2,1-2H3,(H,12,15). The molecule has 0 aliphatic heterocycles. The molecule has 1 aromatic rings. The highest BCUT2D eigenvalue weighted by Crippen LogP contribution is 2.38. The summed E-state index contributed by atoms with van der Waals surface area (Å²) in [5, 5.41) is 6.11. The Bertz CT molecular complexity index is 403. The van der Waals surface area contributed by atoms with Crippen molar-refractivity contribution >= 4 is 5.91 Å². The minimum atomic E-state index is -0.342. The molecule has 88 valence electrons. The molecule has 0 aromatic carbocycles. The molecular weight excluding hydrogens is 208 g/mol. The monoisotopic (exact) mass is 224 g/mol. The summed E-state index contributed by atoms with van der Waals surface area (Å²) >= 11 is 0. The maximum absolute atomic E-state index is 11.3. The van der Waals surface area contributed by atoms with E-state index in [-0.39, 0.29) is 23.2 Å². The molecule has 1 fully saturated rings. The second-order valence-corrected chi connectivity index (χ2v) is 4.42. The minimum Gasteiger partial charge on any atom is -0.352 e. The molecule has 0 bridgehead atoms. The van der Waals surface area contributed by atoms with E-state index >= 15 is 0 Å². The number of nitrogens with zero attached hydrogens (tertiary/aromatic N) is 2. The van der Waals surface area contributed by atoms with Crippen LogP contribution in [0.5, 0.6) is 0 Å². The van der Waals surface area contributed by atoms with Gasteiger partial charge in [0.05, 0.1) is 5.41 Å². The van der Waals surface area contributed by atoms with Gasteiger partial charge in [-0.05, 0) is 19.8 Å². The zero-order valence-electron chi connectivity index (χ0n) is 9.49. The molecule has 3 N–H and O–H groups in total.